The lowest BCUT2D eigenvalue weighted by molar-refractivity contribution is -0.137. The monoisotopic (exact) mass is 443 g/mol. The number of aryl methyl sites for hydroxylation is 2. The first-order chi connectivity index (χ1) is 13.3. The van der Waals surface area contributed by atoms with Crippen LogP contribution in [0.3, 0.4) is 0 Å². The van der Waals surface area contributed by atoms with Gasteiger partial charge in [-0.15, -0.1) is 0 Å². The molecule has 0 radical (unpaired) electrons. The summed E-state index contributed by atoms with van der Waals surface area (Å²) in [4.78, 5) is 18.5. The quantitative estimate of drug-likeness (QED) is 0.559. The second kappa shape index (κ2) is 8.56. The summed E-state index contributed by atoms with van der Waals surface area (Å²) in [6.45, 7) is 5.99. The van der Waals surface area contributed by atoms with Gasteiger partial charge in [-0.1, -0.05) is 39.3 Å². The number of carbonyl (C=O) groups is 1. The summed E-state index contributed by atoms with van der Waals surface area (Å²) in [6, 6.07) is 13.4. The van der Waals surface area contributed by atoms with Crippen molar-refractivity contribution >= 4 is 21.8 Å². The van der Waals surface area contributed by atoms with Gasteiger partial charge in [-0.2, -0.15) is 4.98 Å². The average Bonchev–Trinajstić information content (AvgIpc) is 3.12. The van der Waals surface area contributed by atoms with E-state index in [0.29, 0.717) is 17.5 Å². The third-order valence-electron chi connectivity index (χ3n) is 4.44. The number of carbonyl (C=O) groups excluding carboxylic acids is 1. The van der Waals surface area contributed by atoms with Gasteiger partial charge in [0.2, 0.25) is 11.7 Å². The van der Waals surface area contributed by atoms with E-state index in [4.69, 9.17) is 9.26 Å². The normalized spacial score (nSPS) is 11.9. The second-order valence-corrected chi connectivity index (χ2v) is 7.64. The standard InChI is InChI=1S/C21H22BrN3O3/c1-13-8-9-18(10-14(13)2)27-15(3)21(26)25(4)12-19-23-20(24-28-19)16-6-5-7-17(22)11-16/h5-11,15H,12H2,1-4H3/t15-/m1/s1. The fourth-order valence-electron chi connectivity index (χ4n) is 2.70. The van der Waals surface area contributed by atoms with Crippen LogP contribution in [0.2, 0.25) is 0 Å². The van der Waals surface area contributed by atoms with E-state index in [1.165, 1.54) is 10.5 Å². The van der Waals surface area contributed by atoms with Gasteiger partial charge in [-0.3, -0.25) is 4.79 Å². The Morgan fingerprint density at radius 1 is 1.21 bits per heavy atom. The van der Waals surface area contributed by atoms with Crippen molar-refractivity contribution in [2.24, 2.45) is 0 Å². The number of aromatic nitrogens is 2. The number of hydrogen-bond acceptors (Lipinski definition) is 5. The molecule has 0 unspecified atom stereocenters. The van der Waals surface area contributed by atoms with Gasteiger partial charge in [0.05, 0.1) is 6.54 Å². The zero-order chi connectivity index (χ0) is 20.3. The molecular weight excluding hydrogens is 422 g/mol. The molecule has 0 N–H and O–H groups in total. The average molecular weight is 444 g/mol. The van der Waals surface area contributed by atoms with Gasteiger partial charge in [0.25, 0.3) is 5.91 Å². The van der Waals surface area contributed by atoms with E-state index >= 15 is 0 Å². The second-order valence-electron chi connectivity index (χ2n) is 6.72. The Labute approximate surface area is 172 Å². The highest BCUT2D eigenvalue weighted by Gasteiger charge is 2.21. The Morgan fingerprint density at radius 2 is 2.00 bits per heavy atom. The van der Waals surface area contributed by atoms with Crippen molar-refractivity contribution in [2.45, 2.75) is 33.4 Å². The number of rotatable bonds is 6. The fourth-order valence-corrected chi connectivity index (χ4v) is 3.10. The minimum absolute atomic E-state index is 0.166. The maximum Gasteiger partial charge on any atom is 0.263 e. The minimum atomic E-state index is -0.625. The van der Waals surface area contributed by atoms with E-state index in [1.54, 1.807) is 14.0 Å². The molecule has 6 nitrogen and oxygen atoms in total. The third kappa shape index (κ3) is 4.78. The molecule has 0 aliphatic carbocycles. The van der Waals surface area contributed by atoms with Crippen molar-refractivity contribution in [3.05, 3.63) is 64.0 Å². The highest BCUT2D eigenvalue weighted by Crippen LogP contribution is 2.21. The number of hydrogen-bond donors (Lipinski definition) is 0. The lowest BCUT2D eigenvalue weighted by atomic mass is 10.1. The molecule has 146 valence electrons. The summed E-state index contributed by atoms with van der Waals surface area (Å²) in [7, 11) is 1.69. The Hall–Kier alpha value is -2.67. The predicted molar refractivity (Wildman–Crippen MR) is 110 cm³/mol. The Bertz CT molecular complexity index is 987. The van der Waals surface area contributed by atoms with Gasteiger partial charge >= 0.3 is 0 Å². The van der Waals surface area contributed by atoms with Gasteiger partial charge in [0.15, 0.2) is 6.10 Å². The molecule has 0 saturated heterocycles. The van der Waals surface area contributed by atoms with E-state index in [9.17, 15) is 4.79 Å². The maximum atomic E-state index is 12.6. The Kier molecular flexibility index (Phi) is 6.14. The van der Waals surface area contributed by atoms with Gasteiger partial charge in [-0.25, -0.2) is 0 Å². The van der Waals surface area contributed by atoms with Crippen LogP contribution in [-0.2, 0) is 11.3 Å². The van der Waals surface area contributed by atoms with Crippen LogP contribution in [0.5, 0.6) is 5.75 Å². The Morgan fingerprint density at radius 3 is 2.71 bits per heavy atom. The zero-order valence-corrected chi connectivity index (χ0v) is 17.9. The highest BCUT2D eigenvalue weighted by atomic mass is 79.9. The lowest BCUT2D eigenvalue weighted by Gasteiger charge is -2.21. The van der Waals surface area contributed by atoms with Crippen molar-refractivity contribution in [1.82, 2.24) is 15.0 Å². The van der Waals surface area contributed by atoms with Crippen LogP contribution in [0.4, 0.5) is 0 Å². The number of amides is 1. The summed E-state index contributed by atoms with van der Waals surface area (Å²) < 4.78 is 12.0. The first kappa shape index (κ1) is 20.1. The van der Waals surface area contributed by atoms with Crippen LogP contribution in [0.25, 0.3) is 11.4 Å². The molecule has 3 aromatic rings. The molecule has 0 saturated carbocycles. The van der Waals surface area contributed by atoms with Crippen LogP contribution in [0, 0.1) is 13.8 Å². The molecule has 2 aromatic carbocycles. The van der Waals surface area contributed by atoms with Gasteiger partial charge in [0.1, 0.15) is 5.75 Å². The van der Waals surface area contributed by atoms with Gasteiger partial charge in [-0.05, 0) is 56.2 Å². The SMILES string of the molecule is Cc1ccc(O[C@H](C)C(=O)N(C)Cc2nc(-c3cccc(Br)c3)no2)cc1C. The molecule has 1 aromatic heterocycles. The molecule has 28 heavy (non-hydrogen) atoms. The van der Waals surface area contributed by atoms with Crippen LogP contribution in [0.15, 0.2) is 51.5 Å². The molecule has 0 bridgehead atoms. The van der Waals surface area contributed by atoms with Gasteiger partial charge in [0, 0.05) is 17.1 Å². The molecule has 0 aliphatic rings. The van der Waals surface area contributed by atoms with E-state index in [2.05, 4.69) is 26.1 Å². The summed E-state index contributed by atoms with van der Waals surface area (Å²) in [5.41, 5.74) is 3.14. The summed E-state index contributed by atoms with van der Waals surface area (Å²) in [5.74, 6) is 1.35. The predicted octanol–water partition coefficient (Wildman–Crippen LogP) is 4.54. The topological polar surface area (TPSA) is 68.5 Å². The van der Waals surface area contributed by atoms with E-state index < -0.39 is 6.10 Å². The molecule has 1 heterocycles. The first-order valence-electron chi connectivity index (χ1n) is 8.91. The summed E-state index contributed by atoms with van der Waals surface area (Å²) in [5, 5.41) is 3.99. The largest absolute Gasteiger partial charge is 0.481 e. The molecule has 7 heteroatoms. The number of benzene rings is 2. The summed E-state index contributed by atoms with van der Waals surface area (Å²) >= 11 is 3.42. The van der Waals surface area contributed by atoms with Crippen LogP contribution in [-0.4, -0.2) is 34.1 Å². The van der Waals surface area contributed by atoms with Crippen LogP contribution >= 0.6 is 15.9 Å². The fraction of sp³-hybridized carbons (Fsp3) is 0.286. The highest BCUT2D eigenvalue weighted by molar-refractivity contribution is 9.10. The molecule has 3 rings (SSSR count). The van der Waals surface area contributed by atoms with E-state index in [-0.39, 0.29) is 12.5 Å². The van der Waals surface area contributed by atoms with E-state index in [0.717, 1.165) is 15.6 Å². The van der Waals surface area contributed by atoms with Crippen molar-refractivity contribution in [3.8, 4) is 17.1 Å². The minimum Gasteiger partial charge on any atom is -0.481 e. The van der Waals surface area contributed by atoms with Gasteiger partial charge < -0.3 is 14.2 Å². The third-order valence-corrected chi connectivity index (χ3v) is 4.93. The van der Waals surface area contributed by atoms with Crippen molar-refractivity contribution in [3.63, 3.8) is 0 Å². The van der Waals surface area contributed by atoms with Crippen molar-refractivity contribution in [1.29, 1.82) is 0 Å². The molecule has 0 aliphatic heterocycles. The van der Waals surface area contributed by atoms with Crippen molar-refractivity contribution < 1.29 is 14.1 Å². The summed E-state index contributed by atoms with van der Waals surface area (Å²) in [6.07, 6.45) is -0.625. The number of likely N-dealkylation sites (N-methyl/N-ethyl adjacent to an activating group) is 1. The molecule has 0 spiro atoms. The lowest BCUT2D eigenvalue weighted by Crippen LogP contribution is -2.37. The van der Waals surface area contributed by atoms with Crippen LogP contribution < -0.4 is 4.74 Å². The molecular formula is C21H22BrN3O3. The number of halogens is 1. The Balaban J connectivity index is 1.63. The molecule has 0 fully saturated rings. The first-order valence-corrected chi connectivity index (χ1v) is 9.70. The van der Waals surface area contributed by atoms with E-state index in [1.807, 2.05) is 56.3 Å². The van der Waals surface area contributed by atoms with Crippen molar-refractivity contribution in [2.75, 3.05) is 7.05 Å². The maximum absolute atomic E-state index is 12.6. The smallest absolute Gasteiger partial charge is 0.263 e. The molecule has 1 amide bonds. The number of nitrogens with zero attached hydrogens (tertiary/aromatic N) is 3. The number of ether oxygens (including phenoxy) is 1. The zero-order valence-electron chi connectivity index (χ0n) is 16.3. The molecule has 1 atom stereocenters. The van der Waals surface area contributed by atoms with Crippen LogP contribution in [0.1, 0.15) is 23.9 Å².